The van der Waals surface area contributed by atoms with Crippen molar-refractivity contribution in [3.8, 4) is 11.4 Å². The molecule has 0 bridgehead atoms. The lowest BCUT2D eigenvalue weighted by molar-refractivity contribution is -0.122. The number of hydrogen-bond acceptors (Lipinski definition) is 7. The SMILES string of the molecule is CCCCCCCCCCCCC=CCCC(Cl)CC1CC(=O)N(c2cccc(Nc3[nH]n(-c4c(Cl)cc(Cl)cc4Cl)c(=O)c3N=Nc3ccc(O)cc3)c2)C1=O. The van der Waals surface area contributed by atoms with Gasteiger partial charge in [-0.05, 0) is 86.7 Å². The number of nitrogens with zero attached hydrogens (tertiary/aromatic N) is 4. The number of nitrogens with one attached hydrogen (secondary N) is 2. The van der Waals surface area contributed by atoms with Gasteiger partial charge in [0.15, 0.2) is 11.5 Å². The van der Waals surface area contributed by atoms with Crippen molar-refractivity contribution in [3.63, 3.8) is 0 Å². The molecule has 1 fully saturated rings. The first kappa shape index (κ1) is 44.0. The van der Waals surface area contributed by atoms with Gasteiger partial charge >= 0.3 is 5.56 Å². The normalized spacial score (nSPS) is 15.1. The first-order valence-electron chi connectivity index (χ1n) is 19.8. The third kappa shape index (κ3) is 12.7. The zero-order valence-corrected chi connectivity index (χ0v) is 35.2. The number of aromatic amines is 1. The van der Waals surface area contributed by atoms with E-state index in [9.17, 15) is 19.5 Å². The van der Waals surface area contributed by atoms with Crippen LogP contribution in [0.15, 0.2) is 87.8 Å². The van der Waals surface area contributed by atoms with Gasteiger partial charge in [0.05, 0.1) is 21.4 Å². The van der Waals surface area contributed by atoms with Gasteiger partial charge in [-0.15, -0.1) is 16.7 Å². The number of carbonyl (C=O) groups excluding carboxylic acids is 2. The van der Waals surface area contributed by atoms with E-state index in [1.807, 2.05) is 0 Å². The van der Waals surface area contributed by atoms with Crippen LogP contribution < -0.4 is 15.8 Å². The molecule has 3 N–H and O–H groups in total. The molecular weight excluding hydrogens is 806 g/mol. The molecule has 0 spiro atoms. The molecule has 2 atom stereocenters. The van der Waals surface area contributed by atoms with Crippen LogP contribution in [0.25, 0.3) is 5.69 Å². The Kier molecular flexibility index (Phi) is 17.1. The van der Waals surface area contributed by atoms with Crippen molar-refractivity contribution in [3.05, 3.63) is 98.2 Å². The molecule has 1 aliphatic heterocycles. The molecule has 0 saturated carbocycles. The smallest absolute Gasteiger partial charge is 0.301 e. The number of anilines is 3. The van der Waals surface area contributed by atoms with Crippen molar-refractivity contribution < 1.29 is 14.7 Å². The summed E-state index contributed by atoms with van der Waals surface area (Å²) < 4.78 is 1.12. The van der Waals surface area contributed by atoms with Gasteiger partial charge in [-0.25, -0.2) is 4.68 Å². The van der Waals surface area contributed by atoms with E-state index in [2.05, 4.69) is 39.7 Å². The molecular formula is C43H50Cl4N6O4. The lowest BCUT2D eigenvalue weighted by Gasteiger charge is -2.17. The zero-order valence-electron chi connectivity index (χ0n) is 32.2. The highest BCUT2D eigenvalue weighted by Gasteiger charge is 2.40. The van der Waals surface area contributed by atoms with Gasteiger partial charge in [0.25, 0.3) is 0 Å². The van der Waals surface area contributed by atoms with Gasteiger partial charge in [-0.3, -0.25) is 24.4 Å². The van der Waals surface area contributed by atoms with Crippen molar-refractivity contribution in [2.45, 2.75) is 109 Å². The van der Waals surface area contributed by atoms with Crippen molar-refractivity contribution in [1.29, 1.82) is 0 Å². The van der Waals surface area contributed by atoms with Gasteiger partial charge in [-0.2, -0.15) is 5.11 Å². The maximum atomic E-state index is 13.8. The number of unbranched alkanes of at least 4 members (excludes halogenated alkanes) is 10. The highest BCUT2D eigenvalue weighted by Crippen LogP contribution is 2.36. The minimum absolute atomic E-state index is 0.0496. The van der Waals surface area contributed by atoms with Crippen molar-refractivity contribution in [2.75, 3.05) is 10.2 Å². The number of phenolic OH excluding ortho intramolecular Hbond substituents is 1. The predicted molar refractivity (Wildman–Crippen MR) is 233 cm³/mol. The molecule has 1 saturated heterocycles. The second-order valence-electron chi connectivity index (χ2n) is 14.4. The Morgan fingerprint density at radius 1 is 0.860 bits per heavy atom. The fraction of sp³-hybridized carbons (Fsp3) is 0.419. The minimum atomic E-state index is -0.629. The molecule has 0 aliphatic carbocycles. The second-order valence-corrected chi connectivity index (χ2v) is 16.3. The topological polar surface area (TPSA) is 132 Å². The minimum Gasteiger partial charge on any atom is -0.508 e. The Balaban J connectivity index is 1.19. The molecule has 3 aromatic carbocycles. The monoisotopic (exact) mass is 854 g/mol. The van der Waals surface area contributed by atoms with E-state index < -0.39 is 11.5 Å². The Morgan fingerprint density at radius 3 is 2.19 bits per heavy atom. The van der Waals surface area contributed by atoms with E-state index in [-0.39, 0.29) is 61.6 Å². The molecule has 57 heavy (non-hydrogen) atoms. The molecule has 5 rings (SSSR count). The average Bonchev–Trinajstić information content (AvgIpc) is 3.63. The summed E-state index contributed by atoms with van der Waals surface area (Å²) in [7, 11) is 0. The number of benzene rings is 3. The summed E-state index contributed by atoms with van der Waals surface area (Å²) in [5.41, 5.74) is 0.593. The van der Waals surface area contributed by atoms with Crippen LogP contribution in [0.3, 0.4) is 0 Å². The molecule has 2 unspecified atom stereocenters. The predicted octanol–water partition coefficient (Wildman–Crippen LogP) is 13.5. The van der Waals surface area contributed by atoms with Gasteiger partial charge in [0, 0.05) is 28.4 Å². The molecule has 1 aliphatic rings. The molecule has 0 radical (unpaired) electrons. The van der Waals surface area contributed by atoms with Crippen LogP contribution in [0.2, 0.25) is 15.1 Å². The highest BCUT2D eigenvalue weighted by molar-refractivity contribution is 6.40. The van der Waals surface area contributed by atoms with Crippen molar-refractivity contribution >= 4 is 86.8 Å². The number of carbonyl (C=O) groups is 2. The fourth-order valence-electron chi connectivity index (χ4n) is 6.85. The Labute approximate surface area is 354 Å². The van der Waals surface area contributed by atoms with E-state index in [1.165, 1.54) is 106 Å². The van der Waals surface area contributed by atoms with E-state index in [0.717, 1.165) is 23.9 Å². The van der Waals surface area contributed by atoms with Crippen LogP contribution in [0.5, 0.6) is 5.75 Å². The van der Waals surface area contributed by atoms with Gasteiger partial charge in [-0.1, -0.05) is 118 Å². The molecule has 14 heteroatoms. The van der Waals surface area contributed by atoms with Gasteiger partial charge < -0.3 is 10.4 Å². The molecule has 2 amide bonds. The standard InChI is InChI=1S/C43H50Cl4N6O4/c1-2-3-4-5-6-7-8-9-10-11-12-13-14-15-17-30(44)24-29-25-38(55)52(42(29)56)34-19-16-18-33(28-34)48-41-39(50-49-32-20-22-35(54)23-21-32)43(57)53(51-41)40-36(46)26-31(45)27-37(40)47/h13-14,16,18-23,26-30,48,51,54H,2-12,15,17,24-25H2,1H3. The van der Waals surface area contributed by atoms with E-state index >= 15 is 0 Å². The van der Waals surface area contributed by atoms with E-state index in [0.29, 0.717) is 23.5 Å². The third-order valence-electron chi connectivity index (χ3n) is 9.88. The number of phenols is 1. The summed E-state index contributed by atoms with van der Waals surface area (Å²) >= 11 is 25.7. The third-order valence-corrected chi connectivity index (χ3v) is 11.1. The lowest BCUT2D eigenvalue weighted by atomic mass is 9.99. The van der Waals surface area contributed by atoms with Crippen molar-refractivity contribution in [1.82, 2.24) is 9.78 Å². The number of alkyl halides is 1. The number of aromatic hydroxyl groups is 1. The maximum Gasteiger partial charge on any atom is 0.301 e. The largest absolute Gasteiger partial charge is 0.508 e. The average molecular weight is 857 g/mol. The molecule has 304 valence electrons. The summed E-state index contributed by atoms with van der Waals surface area (Å²) in [5, 5.41) is 24.4. The Hall–Kier alpha value is -4.09. The number of amides is 2. The van der Waals surface area contributed by atoms with Crippen LogP contribution in [-0.4, -0.2) is 32.1 Å². The highest BCUT2D eigenvalue weighted by atomic mass is 35.5. The number of H-pyrrole nitrogens is 1. The number of rotatable bonds is 22. The molecule has 10 nitrogen and oxygen atoms in total. The summed E-state index contributed by atoms with van der Waals surface area (Å²) in [6.45, 7) is 2.25. The van der Waals surface area contributed by atoms with Crippen LogP contribution in [0, 0.1) is 5.92 Å². The molecule has 4 aromatic rings. The van der Waals surface area contributed by atoms with Crippen LogP contribution in [-0.2, 0) is 9.59 Å². The summed E-state index contributed by atoms with van der Waals surface area (Å²) in [4.78, 5) is 41.8. The Bertz CT molecular complexity index is 2060. The number of aromatic nitrogens is 2. The quantitative estimate of drug-likeness (QED) is 0.0238. The number of hydrogen-bond donors (Lipinski definition) is 3. The number of imide groups is 1. The Morgan fingerprint density at radius 2 is 1.51 bits per heavy atom. The van der Waals surface area contributed by atoms with Crippen LogP contribution in [0.1, 0.15) is 103 Å². The van der Waals surface area contributed by atoms with Gasteiger partial charge in [0.2, 0.25) is 11.8 Å². The van der Waals surface area contributed by atoms with E-state index in [1.54, 1.807) is 24.3 Å². The zero-order chi connectivity index (χ0) is 40.7. The second kappa shape index (κ2) is 22.2. The summed E-state index contributed by atoms with van der Waals surface area (Å²) in [6.07, 6.45) is 20.7. The van der Waals surface area contributed by atoms with Crippen molar-refractivity contribution in [2.24, 2.45) is 16.1 Å². The maximum absolute atomic E-state index is 13.8. The fourth-order valence-corrected chi connectivity index (χ4v) is 8.17. The summed E-state index contributed by atoms with van der Waals surface area (Å²) in [5.74, 6) is -0.945. The van der Waals surface area contributed by atoms with Crippen LogP contribution in [0.4, 0.5) is 28.6 Å². The first-order chi connectivity index (χ1) is 27.5. The number of halogens is 4. The number of azo groups is 1. The molecule has 2 heterocycles. The first-order valence-corrected chi connectivity index (χ1v) is 21.4. The van der Waals surface area contributed by atoms with E-state index in [4.69, 9.17) is 46.4 Å². The number of allylic oxidation sites excluding steroid dienone is 2. The van der Waals surface area contributed by atoms with Crippen LogP contribution >= 0.6 is 46.4 Å². The van der Waals surface area contributed by atoms with Gasteiger partial charge in [0.1, 0.15) is 11.4 Å². The lowest BCUT2D eigenvalue weighted by Crippen LogP contribution is -2.31. The summed E-state index contributed by atoms with van der Waals surface area (Å²) in [6, 6.07) is 15.6. The molecule has 1 aromatic heterocycles.